The van der Waals surface area contributed by atoms with E-state index in [1.54, 1.807) is 11.8 Å². The second-order valence-corrected chi connectivity index (χ2v) is 7.09. The highest BCUT2D eigenvalue weighted by Gasteiger charge is 2.53. The Morgan fingerprint density at radius 1 is 1.12 bits per heavy atom. The molecule has 1 amide bonds. The fourth-order valence-corrected chi connectivity index (χ4v) is 3.30. The molecule has 2 aromatic carbocycles. The highest BCUT2D eigenvalue weighted by molar-refractivity contribution is 7.98. The molecule has 0 unspecified atom stereocenters. The van der Waals surface area contributed by atoms with Crippen LogP contribution in [0.25, 0.3) is 11.3 Å². The molecule has 1 saturated carbocycles. The van der Waals surface area contributed by atoms with Gasteiger partial charge in [0.05, 0.1) is 11.1 Å². The standard InChI is InChI=1S/C20H18N2O2S/c1-25-16-9-7-15(8-10-16)21-19(23)20(11-12-20)18-13-17(24-22-18)14-5-3-2-4-6-14/h2-10,13H,11-12H2,1H3,(H,21,23). The van der Waals surface area contributed by atoms with E-state index in [1.807, 2.05) is 66.9 Å². The molecule has 1 N–H and O–H groups in total. The third kappa shape index (κ3) is 3.07. The van der Waals surface area contributed by atoms with Gasteiger partial charge in [-0.05, 0) is 43.4 Å². The minimum absolute atomic E-state index is 0.0164. The highest BCUT2D eigenvalue weighted by atomic mass is 32.2. The molecule has 0 spiro atoms. The topological polar surface area (TPSA) is 55.1 Å². The molecule has 0 radical (unpaired) electrons. The van der Waals surface area contributed by atoms with Gasteiger partial charge in [-0.2, -0.15) is 0 Å². The molecule has 1 fully saturated rings. The van der Waals surface area contributed by atoms with Crippen LogP contribution in [-0.4, -0.2) is 17.3 Å². The monoisotopic (exact) mass is 350 g/mol. The third-order valence-electron chi connectivity index (χ3n) is 4.59. The number of hydrogen-bond acceptors (Lipinski definition) is 4. The first-order valence-corrected chi connectivity index (χ1v) is 9.42. The second-order valence-electron chi connectivity index (χ2n) is 6.21. The molecule has 0 atom stereocenters. The summed E-state index contributed by atoms with van der Waals surface area (Å²) in [5.41, 5.74) is 1.92. The van der Waals surface area contributed by atoms with E-state index in [2.05, 4.69) is 10.5 Å². The first-order chi connectivity index (χ1) is 12.2. The number of aromatic nitrogens is 1. The Morgan fingerprint density at radius 3 is 2.48 bits per heavy atom. The minimum atomic E-state index is -0.561. The Labute approximate surface area is 150 Å². The van der Waals surface area contributed by atoms with E-state index < -0.39 is 5.41 Å². The molecule has 0 aliphatic heterocycles. The number of anilines is 1. The Morgan fingerprint density at radius 2 is 1.84 bits per heavy atom. The second kappa shape index (κ2) is 6.41. The summed E-state index contributed by atoms with van der Waals surface area (Å²) < 4.78 is 5.47. The normalized spacial score (nSPS) is 14.9. The number of nitrogens with zero attached hydrogens (tertiary/aromatic N) is 1. The maximum Gasteiger partial charge on any atom is 0.236 e. The van der Waals surface area contributed by atoms with Gasteiger partial charge < -0.3 is 9.84 Å². The van der Waals surface area contributed by atoms with Gasteiger partial charge in [0.15, 0.2) is 5.76 Å². The SMILES string of the molecule is CSc1ccc(NC(=O)C2(c3cc(-c4ccccc4)on3)CC2)cc1. The van der Waals surface area contributed by atoms with Gasteiger partial charge in [-0.15, -0.1) is 11.8 Å². The molecular formula is C20H18N2O2S. The number of benzene rings is 2. The summed E-state index contributed by atoms with van der Waals surface area (Å²) in [6, 6.07) is 19.6. The van der Waals surface area contributed by atoms with Crippen molar-refractivity contribution in [2.75, 3.05) is 11.6 Å². The lowest BCUT2D eigenvalue weighted by molar-refractivity contribution is -0.118. The van der Waals surface area contributed by atoms with Crippen LogP contribution in [0.1, 0.15) is 18.5 Å². The van der Waals surface area contributed by atoms with E-state index in [0.717, 1.165) is 24.1 Å². The van der Waals surface area contributed by atoms with Crippen molar-refractivity contribution in [3.05, 3.63) is 66.4 Å². The Bertz CT molecular complexity index is 884. The van der Waals surface area contributed by atoms with Crippen LogP contribution in [-0.2, 0) is 10.2 Å². The summed E-state index contributed by atoms with van der Waals surface area (Å²) in [5, 5.41) is 7.19. The molecule has 4 rings (SSSR count). The summed E-state index contributed by atoms with van der Waals surface area (Å²) in [4.78, 5) is 14.0. The summed E-state index contributed by atoms with van der Waals surface area (Å²) in [7, 11) is 0. The van der Waals surface area contributed by atoms with Gasteiger partial charge in [0.25, 0.3) is 0 Å². The summed E-state index contributed by atoms with van der Waals surface area (Å²) in [6.07, 6.45) is 3.62. The maximum absolute atomic E-state index is 12.8. The predicted molar refractivity (Wildman–Crippen MR) is 99.7 cm³/mol. The Hall–Kier alpha value is -2.53. The number of rotatable bonds is 5. The maximum atomic E-state index is 12.8. The average Bonchev–Trinajstić information content (AvgIpc) is 3.33. The lowest BCUT2D eigenvalue weighted by Gasteiger charge is -2.12. The third-order valence-corrected chi connectivity index (χ3v) is 5.33. The van der Waals surface area contributed by atoms with Crippen molar-refractivity contribution in [1.29, 1.82) is 0 Å². The molecule has 25 heavy (non-hydrogen) atoms. The van der Waals surface area contributed by atoms with E-state index in [0.29, 0.717) is 11.5 Å². The molecular weight excluding hydrogens is 332 g/mol. The van der Waals surface area contributed by atoms with Crippen LogP contribution in [0.2, 0.25) is 0 Å². The summed E-state index contributed by atoms with van der Waals surface area (Å²) in [6.45, 7) is 0. The zero-order valence-electron chi connectivity index (χ0n) is 13.9. The molecule has 1 aromatic heterocycles. The average molecular weight is 350 g/mol. The summed E-state index contributed by atoms with van der Waals surface area (Å²) in [5.74, 6) is 0.677. The number of hydrogen-bond donors (Lipinski definition) is 1. The number of carbonyl (C=O) groups excluding carboxylic acids is 1. The fraction of sp³-hybridized carbons (Fsp3) is 0.200. The van der Waals surface area contributed by atoms with Crippen LogP contribution in [0.4, 0.5) is 5.69 Å². The smallest absolute Gasteiger partial charge is 0.236 e. The molecule has 1 aliphatic carbocycles. The number of carbonyl (C=O) groups is 1. The van der Waals surface area contributed by atoms with Gasteiger partial charge in [-0.3, -0.25) is 4.79 Å². The molecule has 1 aliphatic rings. The molecule has 4 nitrogen and oxygen atoms in total. The first-order valence-electron chi connectivity index (χ1n) is 8.19. The van der Waals surface area contributed by atoms with Gasteiger partial charge in [0.1, 0.15) is 0 Å². The van der Waals surface area contributed by atoms with Gasteiger partial charge >= 0.3 is 0 Å². The fourth-order valence-electron chi connectivity index (χ4n) is 2.89. The first kappa shape index (κ1) is 16.0. The van der Waals surface area contributed by atoms with Gasteiger partial charge in [0.2, 0.25) is 5.91 Å². The molecule has 0 saturated heterocycles. The molecule has 3 aromatic rings. The lowest BCUT2D eigenvalue weighted by atomic mass is 10.00. The van der Waals surface area contributed by atoms with Crippen molar-refractivity contribution in [3.8, 4) is 11.3 Å². The largest absolute Gasteiger partial charge is 0.356 e. The lowest BCUT2D eigenvalue weighted by Crippen LogP contribution is -2.28. The van der Waals surface area contributed by atoms with E-state index >= 15 is 0 Å². The number of thioether (sulfide) groups is 1. The Balaban J connectivity index is 1.53. The van der Waals surface area contributed by atoms with Crippen LogP contribution in [0.5, 0.6) is 0 Å². The molecule has 0 bridgehead atoms. The zero-order chi connectivity index (χ0) is 17.3. The van der Waals surface area contributed by atoms with Crippen molar-refractivity contribution < 1.29 is 9.32 Å². The van der Waals surface area contributed by atoms with Crippen LogP contribution in [0, 0.1) is 0 Å². The van der Waals surface area contributed by atoms with Crippen LogP contribution >= 0.6 is 11.8 Å². The van der Waals surface area contributed by atoms with Crippen molar-refractivity contribution in [2.45, 2.75) is 23.2 Å². The molecule has 1 heterocycles. The van der Waals surface area contributed by atoms with E-state index in [-0.39, 0.29) is 5.91 Å². The van der Waals surface area contributed by atoms with Crippen LogP contribution in [0.3, 0.4) is 0 Å². The summed E-state index contributed by atoms with van der Waals surface area (Å²) >= 11 is 1.68. The number of amides is 1. The van der Waals surface area contributed by atoms with Gasteiger partial charge in [-0.25, -0.2) is 0 Å². The zero-order valence-corrected chi connectivity index (χ0v) is 14.7. The van der Waals surface area contributed by atoms with Crippen LogP contribution < -0.4 is 5.32 Å². The van der Waals surface area contributed by atoms with Crippen molar-refractivity contribution >= 4 is 23.4 Å². The minimum Gasteiger partial charge on any atom is -0.356 e. The van der Waals surface area contributed by atoms with Gasteiger partial charge in [0, 0.05) is 22.2 Å². The number of nitrogens with one attached hydrogen (secondary N) is 1. The van der Waals surface area contributed by atoms with Crippen molar-refractivity contribution in [1.82, 2.24) is 5.16 Å². The van der Waals surface area contributed by atoms with E-state index in [1.165, 1.54) is 4.90 Å². The predicted octanol–water partition coefficient (Wildman–Crippen LogP) is 4.73. The quantitative estimate of drug-likeness (QED) is 0.676. The van der Waals surface area contributed by atoms with Crippen LogP contribution in [0.15, 0.2) is 70.1 Å². The molecule has 126 valence electrons. The Kier molecular flexibility index (Phi) is 4.09. The van der Waals surface area contributed by atoms with Gasteiger partial charge in [-0.1, -0.05) is 35.5 Å². The van der Waals surface area contributed by atoms with E-state index in [9.17, 15) is 4.79 Å². The molecule has 5 heteroatoms. The highest BCUT2D eigenvalue weighted by Crippen LogP contribution is 2.49. The van der Waals surface area contributed by atoms with Crippen molar-refractivity contribution in [2.24, 2.45) is 0 Å². The van der Waals surface area contributed by atoms with E-state index in [4.69, 9.17) is 4.52 Å². The van der Waals surface area contributed by atoms with Crippen molar-refractivity contribution in [3.63, 3.8) is 0 Å².